The first-order valence-electron chi connectivity index (χ1n) is 4.51. The van der Waals surface area contributed by atoms with E-state index < -0.39 is 0 Å². The lowest BCUT2D eigenvalue weighted by molar-refractivity contribution is -0.122. The smallest absolute Gasteiger partial charge is 0.148 e. The highest BCUT2D eigenvalue weighted by Crippen LogP contribution is 2.45. The molecule has 2 aliphatic rings. The van der Waals surface area contributed by atoms with E-state index in [1.54, 1.807) is 0 Å². The molecule has 2 heteroatoms. The van der Waals surface area contributed by atoms with Crippen LogP contribution in [0, 0.1) is 0 Å². The molecule has 1 atom stereocenters. The average molecular weight is 170 g/mol. The maximum atomic E-state index is 11.6. The van der Waals surface area contributed by atoms with Crippen molar-refractivity contribution in [3.05, 3.63) is 0 Å². The van der Waals surface area contributed by atoms with Crippen LogP contribution in [-0.2, 0) is 4.79 Å². The largest absolute Gasteiger partial charge is 0.298 e. The summed E-state index contributed by atoms with van der Waals surface area (Å²) in [6.45, 7) is 0. The number of carbonyl (C=O) groups excluding carboxylic acids is 1. The van der Waals surface area contributed by atoms with E-state index in [1.807, 2.05) is 11.8 Å². The lowest BCUT2D eigenvalue weighted by atomic mass is 9.84. The van der Waals surface area contributed by atoms with E-state index in [0.29, 0.717) is 5.78 Å². The van der Waals surface area contributed by atoms with Gasteiger partial charge in [0.2, 0.25) is 0 Å². The Morgan fingerprint density at radius 1 is 1.18 bits per heavy atom. The summed E-state index contributed by atoms with van der Waals surface area (Å²) >= 11 is 1.92. The molecular formula is C9H14OS. The van der Waals surface area contributed by atoms with Gasteiger partial charge in [0.25, 0.3) is 0 Å². The Morgan fingerprint density at radius 2 is 2.00 bits per heavy atom. The summed E-state index contributed by atoms with van der Waals surface area (Å²) in [4.78, 5) is 11.6. The molecule has 2 fully saturated rings. The first-order valence-corrected chi connectivity index (χ1v) is 5.49. The molecule has 1 saturated carbocycles. The fourth-order valence-corrected chi connectivity index (χ4v) is 3.70. The highest BCUT2D eigenvalue weighted by molar-refractivity contribution is 8.01. The Morgan fingerprint density at radius 3 is 2.64 bits per heavy atom. The van der Waals surface area contributed by atoms with Crippen LogP contribution in [0.4, 0.5) is 0 Å². The van der Waals surface area contributed by atoms with Crippen LogP contribution in [0.3, 0.4) is 0 Å². The molecule has 1 aliphatic carbocycles. The van der Waals surface area contributed by atoms with Gasteiger partial charge >= 0.3 is 0 Å². The van der Waals surface area contributed by atoms with Crippen LogP contribution in [-0.4, -0.2) is 16.3 Å². The first-order chi connectivity index (χ1) is 5.33. The number of hydrogen-bond acceptors (Lipinski definition) is 2. The molecule has 1 spiro atoms. The minimum atomic E-state index is 0.109. The molecule has 1 aliphatic heterocycles. The van der Waals surface area contributed by atoms with Crippen molar-refractivity contribution >= 4 is 17.5 Å². The predicted molar refractivity (Wildman–Crippen MR) is 47.9 cm³/mol. The number of ketones is 1. The van der Waals surface area contributed by atoms with Crippen molar-refractivity contribution in [1.29, 1.82) is 0 Å². The van der Waals surface area contributed by atoms with Gasteiger partial charge in [0.1, 0.15) is 5.78 Å². The summed E-state index contributed by atoms with van der Waals surface area (Å²) in [5.41, 5.74) is 0. The molecule has 0 amide bonds. The zero-order chi connectivity index (χ0) is 7.73. The normalized spacial score (nSPS) is 38.4. The molecule has 1 nitrogen and oxygen atoms in total. The topological polar surface area (TPSA) is 17.1 Å². The molecule has 0 aromatic carbocycles. The third-order valence-corrected chi connectivity index (χ3v) is 4.53. The number of thioether (sulfide) groups is 1. The fraction of sp³-hybridized carbons (Fsp3) is 0.889. The van der Waals surface area contributed by atoms with Crippen molar-refractivity contribution in [3.8, 4) is 0 Å². The fourth-order valence-electron chi connectivity index (χ4n) is 2.18. The van der Waals surface area contributed by atoms with Crippen LogP contribution < -0.4 is 0 Å². The molecule has 0 radical (unpaired) electrons. The van der Waals surface area contributed by atoms with E-state index in [4.69, 9.17) is 0 Å². The first kappa shape index (κ1) is 7.66. The average Bonchev–Trinajstić information content (AvgIpc) is 2.46. The molecular weight excluding hydrogens is 156 g/mol. The minimum Gasteiger partial charge on any atom is -0.298 e. The van der Waals surface area contributed by atoms with Crippen LogP contribution >= 0.6 is 11.8 Å². The summed E-state index contributed by atoms with van der Waals surface area (Å²) < 4.78 is 0.109. The van der Waals surface area contributed by atoms with Gasteiger partial charge in [-0.3, -0.25) is 4.79 Å². The van der Waals surface area contributed by atoms with Crippen molar-refractivity contribution in [2.24, 2.45) is 0 Å². The predicted octanol–water partition coefficient (Wildman–Crippen LogP) is 2.40. The highest BCUT2D eigenvalue weighted by atomic mass is 32.2. The van der Waals surface area contributed by atoms with Crippen LogP contribution in [0.1, 0.15) is 38.5 Å². The summed E-state index contributed by atoms with van der Waals surface area (Å²) in [5.74, 6) is 1.76. The van der Waals surface area contributed by atoms with Crippen LogP contribution in [0.5, 0.6) is 0 Å². The van der Waals surface area contributed by atoms with Gasteiger partial charge in [-0.15, -0.1) is 11.8 Å². The second-order valence-electron chi connectivity index (χ2n) is 3.58. The second kappa shape index (κ2) is 2.81. The SMILES string of the molecule is O=C1CCCCC12CCCS2. The van der Waals surface area contributed by atoms with Gasteiger partial charge in [-0.25, -0.2) is 0 Å². The van der Waals surface area contributed by atoms with E-state index in [1.165, 1.54) is 18.6 Å². The van der Waals surface area contributed by atoms with Gasteiger partial charge in [-0.2, -0.15) is 0 Å². The van der Waals surface area contributed by atoms with Crippen molar-refractivity contribution in [3.63, 3.8) is 0 Å². The summed E-state index contributed by atoms with van der Waals surface area (Å²) in [6, 6.07) is 0. The highest BCUT2D eigenvalue weighted by Gasteiger charge is 2.42. The molecule has 0 N–H and O–H groups in total. The molecule has 2 rings (SSSR count). The van der Waals surface area contributed by atoms with Gasteiger partial charge in [0, 0.05) is 6.42 Å². The van der Waals surface area contributed by atoms with Gasteiger partial charge < -0.3 is 0 Å². The van der Waals surface area contributed by atoms with Crippen molar-refractivity contribution in [1.82, 2.24) is 0 Å². The standard InChI is InChI=1S/C9H14OS/c10-8-4-1-2-5-9(8)6-3-7-11-9/h1-7H2. The van der Waals surface area contributed by atoms with Gasteiger partial charge in [-0.1, -0.05) is 6.42 Å². The number of rotatable bonds is 0. The Kier molecular flexibility index (Phi) is 1.96. The summed E-state index contributed by atoms with van der Waals surface area (Å²) in [5, 5.41) is 0. The Hall–Kier alpha value is 0.0200. The maximum absolute atomic E-state index is 11.6. The zero-order valence-electron chi connectivity index (χ0n) is 6.77. The van der Waals surface area contributed by atoms with Crippen molar-refractivity contribution < 1.29 is 4.79 Å². The van der Waals surface area contributed by atoms with Gasteiger partial charge in [0.05, 0.1) is 4.75 Å². The maximum Gasteiger partial charge on any atom is 0.148 e. The molecule has 11 heavy (non-hydrogen) atoms. The van der Waals surface area contributed by atoms with Crippen LogP contribution in [0.2, 0.25) is 0 Å². The minimum absolute atomic E-state index is 0.109. The van der Waals surface area contributed by atoms with E-state index >= 15 is 0 Å². The van der Waals surface area contributed by atoms with E-state index in [-0.39, 0.29) is 4.75 Å². The van der Waals surface area contributed by atoms with Crippen LogP contribution in [0.25, 0.3) is 0 Å². The molecule has 1 heterocycles. The number of Topliss-reactive ketones (excluding diaryl/α,β-unsaturated/α-hetero) is 1. The van der Waals surface area contributed by atoms with Crippen LogP contribution in [0.15, 0.2) is 0 Å². The van der Waals surface area contributed by atoms with Crippen molar-refractivity contribution in [2.75, 3.05) is 5.75 Å². The van der Waals surface area contributed by atoms with Gasteiger partial charge in [-0.05, 0) is 31.4 Å². The number of hydrogen-bond donors (Lipinski definition) is 0. The molecule has 1 unspecified atom stereocenters. The third kappa shape index (κ3) is 1.22. The van der Waals surface area contributed by atoms with E-state index in [0.717, 1.165) is 25.7 Å². The monoisotopic (exact) mass is 170 g/mol. The quantitative estimate of drug-likeness (QED) is 0.555. The number of carbonyl (C=O) groups is 1. The summed E-state index contributed by atoms with van der Waals surface area (Å²) in [7, 11) is 0. The molecule has 1 saturated heterocycles. The lowest BCUT2D eigenvalue weighted by Gasteiger charge is -2.30. The van der Waals surface area contributed by atoms with Gasteiger partial charge in [0.15, 0.2) is 0 Å². The zero-order valence-corrected chi connectivity index (χ0v) is 7.58. The molecule has 0 aromatic rings. The lowest BCUT2D eigenvalue weighted by Crippen LogP contribution is -2.35. The second-order valence-corrected chi connectivity index (χ2v) is 5.05. The Balaban J connectivity index is 2.13. The van der Waals surface area contributed by atoms with E-state index in [9.17, 15) is 4.79 Å². The summed E-state index contributed by atoms with van der Waals surface area (Å²) in [6.07, 6.45) is 6.86. The van der Waals surface area contributed by atoms with Crippen molar-refractivity contribution in [2.45, 2.75) is 43.3 Å². The molecule has 0 aromatic heterocycles. The van der Waals surface area contributed by atoms with E-state index in [2.05, 4.69) is 0 Å². The Bertz CT molecular complexity index is 170. The molecule has 62 valence electrons. The third-order valence-electron chi connectivity index (χ3n) is 2.85. The Labute approximate surface area is 71.9 Å². The molecule has 0 bridgehead atoms.